The average molecular weight is 554 g/mol. The van der Waals surface area contributed by atoms with Gasteiger partial charge in [0.05, 0.1) is 5.92 Å². The van der Waals surface area contributed by atoms with Crippen LogP contribution in [-0.4, -0.2) is 6.18 Å². The number of hydrogen-bond acceptors (Lipinski definition) is 0. The summed E-state index contributed by atoms with van der Waals surface area (Å²) in [7, 11) is 0. The van der Waals surface area contributed by atoms with E-state index in [0.717, 1.165) is 50.5 Å². The van der Waals surface area contributed by atoms with Crippen LogP contribution >= 0.6 is 0 Å². The van der Waals surface area contributed by atoms with Crippen molar-refractivity contribution in [2.75, 3.05) is 0 Å². The molecular weight excluding hydrogens is 523 g/mol. The Balaban J connectivity index is 0. The van der Waals surface area contributed by atoms with Crippen LogP contribution in [0.3, 0.4) is 0 Å². The van der Waals surface area contributed by atoms with Gasteiger partial charge in [0.1, 0.15) is 0 Å². The molecule has 0 aliphatic heterocycles. The first-order chi connectivity index (χ1) is 9.90. The Morgan fingerprint density at radius 2 is 1.91 bits per heavy atom. The predicted octanol–water partition coefficient (Wildman–Crippen LogP) is 7.09. The summed E-state index contributed by atoms with van der Waals surface area (Å²) in [6.45, 7) is 7.86. The van der Waals surface area contributed by atoms with Crippen molar-refractivity contribution in [3.8, 4) is 0 Å². The summed E-state index contributed by atoms with van der Waals surface area (Å²) in [4.78, 5) is 0. The minimum Gasteiger partial charge on any atom is -0.358 e. The molecule has 0 aromatic carbocycles. The molecule has 0 saturated heterocycles. The third-order valence-corrected chi connectivity index (χ3v) is 4.29. The summed E-state index contributed by atoms with van der Waals surface area (Å²) >= 11 is 0. The molecule has 0 aromatic rings. The van der Waals surface area contributed by atoms with Crippen LogP contribution < -0.4 is 0 Å². The van der Waals surface area contributed by atoms with E-state index in [1.807, 2.05) is 13.0 Å². The van der Waals surface area contributed by atoms with Gasteiger partial charge in [0.25, 0.3) is 0 Å². The normalized spacial score (nSPS) is 19.1. The molecule has 1 unspecified atom stereocenters. The van der Waals surface area contributed by atoms with Gasteiger partial charge in [0.15, 0.2) is 0 Å². The van der Waals surface area contributed by atoms with Crippen LogP contribution in [-0.2, 0) is 0 Å². The molecule has 1 aliphatic rings. The molecule has 0 radical (unpaired) electrons. The van der Waals surface area contributed by atoms with E-state index in [9.17, 15) is 13.2 Å². The van der Waals surface area contributed by atoms with Crippen LogP contribution in [0.5, 0.6) is 0 Å². The zero-order chi connectivity index (χ0) is 15.9. The van der Waals surface area contributed by atoms with E-state index in [1.165, 1.54) is 0 Å². The van der Waals surface area contributed by atoms with E-state index in [4.69, 9.17) is 0 Å². The zero-order valence-corrected chi connectivity index (χ0v) is 19.0. The molecule has 0 nitrogen and oxygen atoms in total. The van der Waals surface area contributed by atoms with Gasteiger partial charge >= 0.3 is 37.3 Å². The second-order valence-electron chi connectivity index (χ2n) is 6.11. The Hall–Kier alpha value is 0.322. The quantitative estimate of drug-likeness (QED) is 0.222. The molecule has 23 heavy (non-hydrogen) atoms. The maximum atomic E-state index is 13.2. The van der Waals surface area contributed by atoms with E-state index in [0.29, 0.717) is 5.57 Å². The van der Waals surface area contributed by atoms with Crippen molar-refractivity contribution in [2.24, 2.45) is 11.8 Å². The van der Waals surface area contributed by atoms with Crippen LogP contribution in [0.25, 0.3) is 0 Å². The van der Waals surface area contributed by atoms with Crippen LogP contribution in [0.1, 0.15) is 65.2 Å². The Labute approximate surface area is 164 Å². The number of allylic oxidation sites excluding steroid dienone is 4. The second-order valence-corrected chi connectivity index (χ2v) is 6.11. The van der Waals surface area contributed by atoms with E-state index in [1.54, 1.807) is 6.08 Å². The van der Waals surface area contributed by atoms with E-state index < -0.39 is 12.1 Å². The number of unbranched alkanes of at least 4 members (excludes halogenated alkanes) is 3. The molecule has 2 atom stereocenters. The molecule has 0 saturated carbocycles. The van der Waals surface area contributed by atoms with Crippen molar-refractivity contribution in [1.29, 1.82) is 0 Å². The van der Waals surface area contributed by atoms with E-state index in [-0.39, 0.29) is 50.9 Å². The number of rotatable bonds is 8. The van der Waals surface area contributed by atoms with Gasteiger partial charge in [-0.25, -0.2) is 0 Å². The minimum absolute atomic E-state index is 0. The molecule has 0 fully saturated rings. The second kappa shape index (κ2) is 12.7. The molecule has 1 aliphatic carbocycles. The first-order valence-electron chi connectivity index (χ1n) is 8.16. The SMILES string of the molecule is [CH2-]CCCC1=CCC(C(F)(F)F)C([C@H](C)CCCCC)=C1.[CH3-].[U+2]. The third kappa shape index (κ3) is 8.82. The van der Waals surface area contributed by atoms with Gasteiger partial charge in [-0.1, -0.05) is 62.8 Å². The molecular formula is C19H31F3U. The maximum Gasteiger partial charge on any atom is 2.00 e. The minimum atomic E-state index is -4.13. The standard InChI is InChI=1S/C18H28F3.CH3.U/c1-4-6-8-9-14(3)16-13-15(10-7-5-2)11-12-17(16)18(19,20)21;;/h11,13-14,17H,2,4-10,12H2,1,3H3;1H3;/q2*-1;+2/t14-,17?;;/m1../s1. The summed E-state index contributed by atoms with van der Waals surface area (Å²) in [5.41, 5.74) is 1.66. The van der Waals surface area contributed by atoms with E-state index in [2.05, 4.69) is 13.8 Å². The van der Waals surface area contributed by atoms with Gasteiger partial charge in [-0.3, -0.25) is 0 Å². The van der Waals surface area contributed by atoms with Crippen molar-refractivity contribution in [2.45, 2.75) is 71.4 Å². The van der Waals surface area contributed by atoms with Crippen LogP contribution in [0.15, 0.2) is 23.3 Å². The maximum absolute atomic E-state index is 13.2. The van der Waals surface area contributed by atoms with Crippen molar-refractivity contribution in [1.82, 2.24) is 0 Å². The van der Waals surface area contributed by atoms with Crippen LogP contribution in [0, 0.1) is 57.3 Å². The number of alkyl halides is 3. The molecule has 0 N–H and O–H groups in total. The van der Waals surface area contributed by atoms with Crippen LogP contribution in [0.2, 0.25) is 0 Å². The van der Waals surface area contributed by atoms with Crippen molar-refractivity contribution < 1.29 is 44.3 Å². The first-order valence-corrected chi connectivity index (χ1v) is 8.16. The molecule has 0 spiro atoms. The van der Waals surface area contributed by atoms with Crippen molar-refractivity contribution in [3.63, 3.8) is 0 Å². The Bertz CT molecular complexity index is 369. The largest absolute Gasteiger partial charge is 2.00 e. The summed E-state index contributed by atoms with van der Waals surface area (Å²) in [5.74, 6) is -1.26. The zero-order valence-electron chi connectivity index (χ0n) is 14.8. The summed E-state index contributed by atoms with van der Waals surface area (Å²) in [6, 6.07) is 0. The summed E-state index contributed by atoms with van der Waals surface area (Å²) < 4.78 is 39.7. The van der Waals surface area contributed by atoms with Gasteiger partial charge in [0, 0.05) is 0 Å². The molecule has 0 bridgehead atoms. The Morgan fingerprint density at radius 1 is 1.26 bits per heavy atom. The summed E-state index contributed by atoms with van der Waals surface area (Å²) in [5, 5.41) is 0. The molecule has 0 aromatic heterocycles. The monoisotopic (exact) mass is 554 g/mol. The van der Waals surface area contributed by atoms with Crippen LogP contribution in [0.4, 0.5) is 13.2 Å². The average Bonchev–Trinajstić information content (AvgIpc) is 2.44. The fraction of sp³-hybridized carbons (Fsp3) is 0.684. The van der Waals surface area contributed by atoms with Gasteiger partial charge in [-0.05, 0) is 25.2 Å². The fourth-order valence-electron chi connectivity index (χ4n) is 2.96. The molecule has 132 valence electrons. The van der Waals surface area contributed by atoms with Gasteiger partial charge in [-0.2, -0.15) is 19.6 Å². The molecule has 0 amide bonds. The Morgan fingerprint density at radius 3 is 2.43 bits per heavy atom. The number of halogens is 3. The molecule has 1 rings (SSSR count). The molecule has 0 heterocycles. The van der Waals surface area contributed by atoms with Crippen molar-refractivity contribution >= 4 is 0 Å². The van der Waals surface area contributed by atoms with Gasteiger partial charge < -0.3 is 14.4 Å². The van der Waals surface area contributed by atoms with Gasteiger partial charge in [0.2, 0.25) is 0 Å². The fourth-order valence-corrected chi connectivity index (χ4v) is 2.96. The van der Waals surface area contributed by atoms with E-state index >= 15 is 0 Å². The first kappa shape index (κ1) is 25.6. The molecule has 4 heteroatoms. The van der Waals surface area contributed by atoms with Crippen molar-refractivity contribution in [3.05, 3.63) is 37.6 Å². The topological polar surface area (TPSA) is 0 Å². The van der Waals surface area contributed by atoms with Gasteiger partial charge in [-0.15, -0.1) is 0 Å². The summed E-state index contributed by atoms with van der Waals surface area (Å²) in [6.07, 6.45) is 6.27. The predicted molar refractivity (Wildman–Crippen MR) is 89.3 cm³/mol. The Kier molecular flexibility index (Phi) is 14.1. The number of hydrogen-bond donors (Lipinski definition) is 0. The third-order valence-electron chi connectivity index (χ3n) is 4.29. The smallest absolute Gasteiger partial charge is 0.358 e.